The normalized spacial score (nSPS) is 11.6. The van der Waals surface area contributed by atoms with Gasteiger partial charge in [0.25, 0.3) is 0 Å². The van der Waals surface area contributed by atoms with Crippen LogP contribution in [0, 0.1) is 0 Å². The van der Waals surface area contributed by atoms with Crippen LogP contribution in [0.15, 0.2) is 47.4 Å². The molecule has 3 N–H and O–H groups in total. The van der Waals surface area contributed by atoms with Crippen LogP contribution < -0.4 is 10.5 Å². The van der Waals surface area contributed by atoms with Crippen LogP contribution in [0.4, 0.5) is 0 Å². The van der Waals surface area contributed by atoms with Gasteiger partial charge in [-0.25, -0.2) is 13.1 Å². The molecule has 7 heteroatoms. The van der Waals surface area contributed by atoms with E-state index in [0.29, 0.717) is 6.54 Å². The van der Waals surface area contributed by atoms with E-state index < -0.39 is 10.0 Å². The summed E-state index contributed by atoms with van der Waals surface area (Å²) >= 11 is 11.8. The molecule has 112 valence electrons. The first-order valence-corrected chi connectivity index (χ1v) is 8.39. The molecule has 0 aliphatic heterocycles. The van der Waals surface area contributed by atoms with E-state index in [9.17, 15) is 8.42 Å². The standard InChI is InChI=1S/C14H14Cl2N2O2S/c15-12-2-1-3-13(14(12)16)21(19,20)18-9-11-6-4-10(8-17)5-7-11/h1-7,18H,8-9,17H2. The molecule has 0 atom stereocenters. The van der Waals surface area contributed by atoms with Crippen LogP contribution >= 0.6 is 23.2 Å². The zero-order valence-electron chi connectivity index (χ0n) is 11.0. The fourth-order valence-corrected chi connectivity index (χ4v) is 3.52. The van der Waals surface area contributed by atoms with E-state index in [-0.39, 0.29) is 21.5 Å². The van der Waals surface area contributed by atoms with E-state index >= 15 is 0 Å². The minimum Gasteiger partial charge on any atom is -0.326 e. The maximum atomic E-state index is 12.2. The van der Waals surface area contributed by atoms with E-state index in [0.717, 1.165) is 11.1 Å². The Morgan fingerprint density at radius 3 is 2.24 bits per heavy atom. The van der Waals surface area contributed by atoms with Crippen LogP contribution in [0.5, 0.6) is 0 Å². The molecular formula is C14H14Cl2N2O2S. The number of hydrogen-bond donors (Lipinski definition) is 2. The molecule has 0 saturated heterocycles. The highest BCUT2D eigenvalue weighted by molar-refractivity contribution is 7.89. The number of hydrogen-bond acceptors (Lipinski definition) is 3. The highest BCUT2D eigenvalue weighted by Crippen LogP contribution is 2.28. The van der Waals surface area contributed by atoms with Crippen LogP contribution in [0.25, 0.3) is 0 Å². The maximum absolute atomic E-state index is 12.2. The van der Waals surface area contributed by atoms with Gasteiger partial charge in [0.1, 0.15) is 4.90 Å². The fraction of sp³-hybridized carbons (Fsp3) is 0.143. The van der Waals surface area contributed by atoms with Gasteiger partial charge in [0.2, 0.25) is 10.0 Å². The Morgan fingerprint density at radius 2 is 1.62 bits per heavy atom. The third kappa shape index (κ3) is 3.96. The van der Waals surface area contributed by atoms with Crippen molar-refractivity contribution in [2.24, 2.45) is 5.73 Å². The highest BCUT2D eigenvalue weighted by atomic mass is 35.5. The molecular weight excluding hydrogens is 331 g/mol. The maximum Gasteiger partial charge on any atom is 0.242 e. The Labute approximate surface area is 133 Å². The van der Waals surface area contributed by atoms with Gasteiger partial charge in [0.15, 0.2) is 0 Å². The van der Waals surface area contributed by atoms with Gasteiger partial charge in [-0.05, 0) is 23.3 Å². The Hall–Kier alpha value is -1.11. The van der Waals surface area contributed by atoms with Gasteiger partial charge in [0.05, 0.1) is 10.0 Å². The summed E-state index contributed by atoms with van der Waals surface area (Å²) in [6, 6.07) is 11.8. The number of nitrogens with two attached hydrogens (primary N) is 1. The first-order valence-electron chi connectivity index (χ1n) is 6.15. The fourth-order valence-electron chi connectivity index (χ4n) is 1.74. The summed E-state index contributed by atoms with van der Waals surface area (Å²) in [5, 5.41) is 0.219. The molecule has 4 nitrogen and oxygen atoms in total. The lowest BCUT2D eigenvalue weighted by Gasteiger charge is -2.09. The number of sulfonamides is 1. The largest absolute Gasteiger partial charge is 0.326 e. The van der Waals surface area contributed by atoms with Gasteiger partial charge in [-0.3, -0.25) is 0 Å². The minimum absolute atomic E-state index is 0.0187. The Morgan fingerprint density at radius 1 is 1.00 bits per heavy atom. The lowest BCUT2D eigenvalue weighted by Crippen LogP contribution is -2.23. The van der Waals surface area contributed by atoms with Crippen LogP contribution in [-0.4, -0.2) is 8.42 Å². The minimum atomic E-state index is -3.72. The second-order valence-electron chi connectivity index (χ2n) is 4.40. The van der Waals surface area contributed by atoms with Crippen molar-refractivity contribution < 1.29 is 8.42 Å². The van der Waals surface area contributed by atoms with Crippen molar-refractivity contribution in [3.8, 4) is 0 Å². The van der Waals surface area contributed by atoms with Gasteiger partial charge in [-0.1, -0.05) is 53.5 Å². The molecule has 0 heterocycles. The number of benzene rings is 2. The highest BCUT2D eigenvalue weighted by Gasteiger charge is 2.18. The third-order valence-corrected chi connectivity index (χ3v) is 5.31. The first-order chi connectivity index (χ1) is 9.94. The summed E-state index contributed by atoms with van der Waals surface area (Å²) in [5.41, 5.74) is 7.32. The van der Waals surface area contributed by atoms with E-state index in [2.05, 4.69) is 4.72 Å². The van der Waals surface area contributed by atoms with E-state index in [1.165, 1.54) is 12.1 Å². The monoisotopic (exact) mass is 344 g/mol. The van der Waals surface area contributed by atoms with Crippen LogP contribution in [-0.2, 0) is 23.1 Å². The Kier molecular flexibility index (Phi) is 5.24. The average Bonchev–Trinajstić information content (AvgIpc) is 2.48. The van der Waals surface area contributed by atoms with Crippen molar-refractivity contribution in [2.75, 3.05) is 0 Å². The van der Waals surface area contributed by atoms with Gasteiger partial charge >= 0.3 is 0 Å². The van der Waals surface area contributed by atoms with E-state index in [1.54, 1.807) is 6.07 Å². The summed E-state index contributed by atoms with van der Waals surface area (Å²) in [5.74, 6) is 0. The molecule has 0 radical (unpaired) electrons. The summed E-state index contributed by atoms with van der Waals surface area (Å²) < 4.78 is 26.9. The number of halogens is 2. The lowest BCUT2D eigenvalue weighted by atomic mass is 10.1. The van der Waals surface area contributed by atoms with Gasteiger partial charge < -0.3 is 5.73 Å². The predicted molar refractivity (Wildman–Crippen MR) is 84.8 cm³/mol. The zero-order chi connectivity index (χ0) is 15.5. The third-order valence-electron chi connectivity index (χ3n) is 2.93. The molecule has 0 aromatic heterocycles. The Balaban J connectivity index is 2.15. The second-order valence-corrected chi connectivity index (χ2v) is 6.92. The van der Waals surface area contributed by atoms with Crippen molar-refractivity contribution in [3.63, 3.8) is 0 Å². The van der Waals surface area contributed by atoms with Crippen LogP contribution in [0.3, 0.4) is 0 Å². The van der Waals surface area contributed by atoms with Crippen molar-refractivity contribution >= 4 is 33.2 Å². The molecule has 0 fully saturated rings. The number of nitrogens with one attached hydrogen (secondary N) is 1. The van der Waals surface area contributed by atoms with Crippen molar-refractivity contribution in [1.29, 1.82) is 0 Å². The summed E-state index contributed by atoms with van der Waals surface area (Å²) in [7, 11) is -3.72. The molecule has 2 aromatic rings. The molecule has 0 amide bonds. The Bertz CT molecular complexity index is 731. The van der Waals surface area contributed by atoms with Gasteiger partial charge in [-0.15, -0.1) is 0 Å². The lowest BCUT2D eigenvalue weighted by molar-refractivity contribution is 0.581. The SMILES string of the molecule is NCc1ccc(CNS(=O)(=O)c2cccc(Cl)c2Cl)cc1. The van der Waals surface area contributed by atoms with Gasteiger partial charge in [0, 0.05) is 13.1 Å². The van der Waals surface area contributed by atoms with E-state index in [4.69, 9.17) is 28.9 Å². The topological polar surface area (TPSA) is 72.2 Å². The van der Waals surface area contributed by atoms with Crippen LogP contribution in [0.2, 0.25) is 10.0 Å². The summed E-state index contributed by atoms with van der Waals surface area (Å²) in [4.78, 5) is -0.0322. The van der Waals surface area contributed by atoms with E-state index in [1.807, 2.05) is 24.3 Å². The van der Waals surface area contributed by atoms with Crippen molar-refractivity contribution in [1.82, 2.24) is 4.72 Å². The molecule has 0 unspecified atom stereocenters. The molecule has 21 heavy (non-hydrogen) atoms. The first kappa shape index (κ1) is 16.3. The molecule has 0 aliphatic rings. The molecule has 0 saturated carbocycles. The molecule has 2 rings (SSSR count). The predicted octanol–water partition coefficient (Wildman–Crippen LogP) is 2.93. The molecule has 0 bridgehead atoms. The molecule has 2 aromatic carbocycles. The number of rotatable bonds is 5. The molecule has 0 spiro atoms. The second kappa shape index (κ2) is 6.77. The molecule has 0 aliphatic carbocycles. The van der Waals surface area contributed by atoms with Crippen molar-refractivity contribution in [3.05, 3.63) is 63.6 Å². The van der Waals surface area contributed by atoms with Gasteiger partial charge in [-0.2, -0.15) is 0 Å². The van der Waals surface area contributed by atoms with Crippen molar-refractivity contribution in [2.45, 2.75) is 18.0 Å². The van der Waals surface area contributed by atoms with Crippen LogP contribution in [0.1, 0.15) is 11.1 Å². The smallest absolute Gasteiger partial charge is 0.242 e. The average molecular weight is 345 g/mol. The summed E-state index contributed by atoms with van der Waals surface area (Å²) in [6.07, 6.45) is 0. The summed E-state index contributed by atoms with van der Waals surface area (Å²) in [6.45, 7) is 0.611. The quantitative estimate of drug-likeness (QED) is 0.875. The zero-order valence-corrected chi connectivity index (χ0v) is 13.3.